The Kier molecular flexibility index (Phi) is 3.09. The van der Waals surface area contributed by atoms with Crippen LogP contribution in [0, 0.1) is 6.92 Å². The molecular weight excluding hydrogens is 254 g/mol. The molecule has 0 aliphatic carbocycles. The summed E-state index contributed by atoms with van der Waals surface area (Å²) in [6.45, 7) is 2.06. The lowest BCUT2D eigenvalue weighted by Crippen LogP contribution is -1.87. The molecule has 19 heavy (non-hydrogen) atoms. The number of H-pyrrole nitrogens is 1. The van der Waals surface area contributed by atoms with Crippen LogP contribution in [0.3, 0.4) is 0 Å². The molecule has 0 unspecified atom stereocenters. The second kappa shape index (κ2) is 4.90. The summed E-state index contributed by atoms with van der Waals surface area (Å²) in [6.07, 6.45) is 3.90. The van der Waals surface area contributed by atoms with Gasteiger partial charge in [-0.1, -0.05) is 12.1 Å². The molecule has 3 aromatic rings. The van der Waals surface area contributed by atoms with Crippen molar-refractivity contribution in [1.82, 2.24) is 9.97 Å². The molecule has 0 radical (unpaired) electrons. The Labute approximate surface area is 116 Å². The van der Waals surface area contributed by atoms with Crippen molar-refractivity contribution in [3.8, 4) is 21.0 Å². The van der Waals surface area contributed by atoms with Crippen molar-refractivity contribution in [2.75, 3.05) is 12.4 Å². The number of nitrogens with zero attached hydrogens (tertiary/aromatic N) is 1. The molecular formula is C15H15N3S. The summed E-state index contributed by atoms with van der Waals surface area (Å²) >= 11 is 1.73. The lowest BCUT2D eigenvalue weighted by Gasteiger charge is -2.03. The van der Waals surface area contributed by atoms with E-state index in [1.807, 2.05) is 25.5 Å². The summed E-state index contributed by atoms with van der Waals surface area (Å²) in [7, 11) is 1.93. The maximum absolute atomic E-state index is 4.66. The summed E-state index contributed by atoms with van der Waals surface area (Å²) in [4.78, 5) is 8.96. The number of benzene rings is 1. The van der Waals surface area contributed by atoms with Crippen LogP contribution >= 0.6 is 11.3 Å². The van der Waals surface area contributed by atoms with Crippen LogP contribution in [0.25, 0.3) is 21.0 Å². The minimum Gasteiger partial charge on any atom is -0.388 e. The van der Waals surface area contributed by atoms with E-state index in [9.17, 15) is 0 Å². The first-order valence-electron chi connectivity index (χ1n) is 6.16. The predicted octanol–water partition coefficient (Wildman–Crippen LogP) is 4.16. The Hall–Kier alpha value is -2.07. The number of hydrogen-bond acceptors (Lipinski definition) is 3. The summed E-state index contributed by atoms with van der Waals surface area (Å²) in [5.41, 5.74) is 4.55. The summed E-state index contributed by atoms with van der Waals surface area (Å²) in [6, 6.07) is 10.5. The number of anilines is 1. The fourth-order valence-electron chi connectivity index (χ4n) is 2.06. The smallest absolute Gasteiger partial charge is 0.125 e. The van der Waals surface area contributed by atoms with Gasteiger partial charge in [0.05, 0.1) is 10.6 Å². The fourth-order valence-corrected chi connectivity index (χ4v) is 3.12. The van der Waals surface area contributed by atoms with Crippen molar-refractivity contribution >= 4 is 17.0 Å². The Morgan fingerprint density at radius 1 is 1.21 bits per heavy atom. The summed E-state index contributed by atoms with van der Waals surface area (Å²) in [5.74, 6) is 0. The molecule has 0 saturated carbocycles. The minimum atomic E-state index is 1.06. The van der Waals surface area contributed by atoms with E-state index in [1.165, 1.54) is 10.4 Å². The molecule has 3 nitrogen and oxygen atoms in total. The van der Waals surface area contributed by atoms with Crippen molar-refractivity contribution in [1.29, 1.82) is 0 Å². The van der Waals surface area contributed by atoms with Crippen LogP contribution in [0.5, 0.6) is 0 Å². The van der Waals surface area contributed by atoms with Gasteiger partial charge in [0.2, 0.25) is 0 Å². The maximum Gasteiger partial charge on any atom is 0.125 e. The molecule has 0 atom stereocenters. The lowest BCUT2D eigenvalue weighted by molar-refractivity contribution is 1.27. The van der Waals surface area contributed by atoms with Gasteiger partial charge in [-0.15, -0.1) is 11.3 Å². The first-order valence-corrected chi connectivity index (χ1v) is 6.98. The van der Waals surface area contributed by atoms with Crippen LogP contribution in [0.15, 0.2) is 42.7 Å². The van der Waals surface area contributed by atoms with E-state index in [0.29, 0.717) is 0 Å². The molecule has 0 fully saturated rings. The molecule has 1 aromatic carbocycles. The number of nitrogens with one attached hydrogen (secondary N) is 2. The molecule has 2 heterocycles. The Morgan fingerprint density at radius 2 is 2.11 bits per heavy atom. The Balaban J connectivity index is 2.05. The number of aromatic amines is 1. The topological polar surface area (TPSA) is 40.7 Å². The van der Waals surface area contributed by atoms with Crippen LogP contribution in [0.4, 0.5) is 5.69 Å². The van der Waals surface area contributed by atoms with Gasteiger partial charge in [-0.25, -0.2) is 4.98 Å². The van der Waals surface area contributed by atoms with Gasteiger partial charge in [-0.3, -0.25) is 0 Å². The van der Waals surface area contributed by atoms with Gasteiger partial charge in [-0.05, 0) is 30.7 Å². The molecule has 96 valence electrons. The number of aromatic nitrogens is 2. The molecule has 2 aromatic heterocycles. The zero-order chi connectivity index (χ0) is 13.2. The third kappa shape index (κ3) is 2.27. The van der Waals surface area contributed by atoms with Gasteiger partial charge in [0.15, 0.2) is 0 Å². The van der Waals surface area contributed by atoms with E-state index in [0.717, 1.165) is 22.0 Å². The van der Waals surface area contributed by atoms with Gasteiger partial charge in [0, 0.05) is 30.7 Å². The standard InChI is InChI=1S/C15H15N3S/c1-10-14(11-4-3-5-13(8-11)16-2)19-15(18-10)12-6-7-17-9-12/h3-9,16-17H,1-2H3. The number of hydrogen-bond donors (Lipinski definition) is 2. The van der Waals surface area contributed by atoms with Crippen molar-refractivity contribution < 1.29 is 0 Å². The molecule has 0 spiro atoms. The van der Waals surface area contributed by atoms with E-state index in [1.54, 1.807) is 11.3 Å². The van der Waals surface area contributed by atoms with E-state index < -0.39 is 0 Å². The van der Waals surface area contributed by atoms with Gasteiger partial charge < -0.3 is 10.3 Å². The van der Waals surface area contributed by atoms with E-state index in [-0.39, 0.29) is 0 Å². The molecule has 0 bridgehead atoms. The normalized spacial score (nSPS) is 10.6. The van der Waals surface area contributed by atoms with Crippen LogP contribution in [0.1, 0.15) is 5.69 Å². The number of thiazole rings is 1. The first kappa shape index (κ1) is 12.0. The molecule has 4 heteroatoms. The molecule has 0 amide bonds. The SMILES string of the molecule is CNc1cccc(-c2sc(-c3cc[nH]c3)nc2C)c1. The fraction of sp³-hybridized carbons (Fsp3) is 0.133. The zero-order valence-electron chi connectivity index (χ0n) is 10.9. The second-order valence-electron chi connectivity index (χ2n) is 4.36. The molecule has 0 aliphatic rings. The Morgan fingerprint density at radius 3 is 2.84 bits per heavy atom. The van der Waals surface area contributed by atoms with E-state index in [4.69, 9.17) is 0 Å². The molecule has 2 N–H and O–H groups in total. The highest BCUT2D eigenvalue weighted by Gasteiger charge is 2.11. The molecule has 0 aliphatic heterocycles. The second-order valence-corrected chi connectivity index (χ2v) is 5.36. The highest BCUT2D eigenvalue weighted by molar-refractivity contribution is 7.18. The van der Waals surface area contributed by atoms with Crippen molar-refractivity contribution in [3.05, 3.63) is 48.4 Å². The maximum atomic E-state index is 4.66. The third-order valence-electron chi connectivity index (χ3n) is 3.05. The van der Waals surface area contributed by atoms with E-state index in [2.05, 4.69) is 46.5 Å². The monoisotopic (exact) mass is 269 g/mol. The quantitative estimate of drug-likeness (QED) is 0.749. The summed E-state index contributed by atoms with van der Waals surface area (Å²) in [5, 5.41) is 4.23. The predicted molar refractivity (Wildman–Crippen MR) is 81.6 cm³/mol. The van der Waals surface area contributed by atoms with Crippen molar-refractivity contribution in [2.45, 2.75) is 6.92 Å². The highest BCUT2D eigenvalue weighted by Crippen LogP contribution is 2.35. The van der Waals surface area contributed by atoms with Gasteiger partial charge in [-0.2, -0.15) is 0 Å². The minimum absolute atomic E-state index is 1.06. The van der Waals surface area contributed by atoms with Crippen LogP contribution < -0.4 is 5.32 Å². The van der Waals surface area contributed by atoms with Crippen LogP contribution in [-0.2, 0) is 0 Å². The molecule has 0 saturated heterocycles. The zero-order valence-corrected chi connectivity index (χ0v) is 11.7. The summed E-state index contributed by atoms with van der Waals surface area (Å²) < 4.78 is 0. The first-order chi connectivity index (χ1) is 9.28. The van der Waals surface area contributed by atoms with E-state index >= 15 is 0 Å². The third-order valence-corrected chi connectivity index (χ3v) is 4.31. The molecule has 3 rings (SSSR count). The van der Waals surface area contributed by atoms with Crippen molar-refractivity contribution in [3.63, 3.8) is 0 Å². The number of aryl methyl sites for hydroxylation is 1. The van der Waals surface area contributed by atoms with Gasteiger partial charge in [0.1, 0.15) is 5.01 Å². The van der Waals surface area contributed by atoms with Crippen LogP contribution in [0.2, 0.25) is 0 Å². The average Bonchev–Trinajstić information content (AvgIpc) is 3.07. The van der Waals surface area contributed by atoms with Crippen LogP contribution in [-0.4, -0.2) is 17.0 Å². The highest BCUT2D eigenvalue weighted by atomic mass is 32.1. The number of rotatable bonds is 3. The Bertz CT molecular complexity index is 683. The lowest BCUT2D eigenvalue weighted by atomic mass is 10.1. The average molecular weight is 269 g/mol. The van der Waals surface area contributed by atoms with Gasteiger partial charge in [0.25, 0.3) is 0 Å². The van der Waals surface area contributed by atoms with Crippen molar-refractivity contribution in [2.24, 2.45) is 0 Å². The largest absolute Gasteiger partial charge is 0.388 e. The van der Waals surface area contributed by atoms with Gasteiger partial charge >= 0.3 is 0 Å².